The maximum absolute atomic E-state index is 11.4. The minimum absolute atomic E-state index is 0.319. The van der Waals surface area contributed by atoms with Gasteiger partial charge in [-0.3, -0.25) is 0 Å². The average molecular weight is 256 g/mol. The Bertz CT molecular complexity index is 243. The average Bonchev–Trinajstić information content (AvgIpc) is 2.27. The van der Waals surface area contributed by atoms with Crippen molar-refractivity contribution in [1.29, 1.82) is 0 Å². The van der Waals surface area contributed by atoms with Gasteiger partial charge in [-0.1, -0.05) is 19.3 Å². The van der Waals surface area contributed by atoms with E-state index in [2.05, 4.69) is 10.6 Å². The van der Waals surface area contributed by atoms with Crippen LogP contribution in [0.5, 0.6) is 0 Å². The molecule has 106 valence electrons. The zero-order valence-electron chi connectivity index (χ0n) is 12.1. The number of rotatable bonds is 5. The fourth-order valence-electron chi connectivity index (χ4n) is 2.21. The molecule has 0 atom stereocenters. The first-order valence-corrected chi connectivity index (χ1v) is 7.17. The molecule has 2 N–H and O–H groups in total. The Labute approximate surface area is 111 Å². The molecule has 1 amide bonds. The van der Waals surface area contributed by atoms with Crippen LogP contribution in [-0.4, -0.2) is 30.8 Å². The van der Waals surface area contributed by atoms with Crippen molar-refractivity contribution in [2.24, 2.45) is 0 Å². The van der Waals surface area contributed by atoms with E-state index < -0.39 is 5.60 Å². The summed E-state index contributed by atoms with van der Waals surface area (Å²) >= 11 is 0. The molecule has 18 heavy (non-hydrogen) atoms. The number of ether oxygens (including phenoxy) is 1. The van der Waals surface area contributed by atoms with E-state index in [-0.39, 0.29) is 6.09 Å². The summed E-state index contributed by atoms with van der Waals surface area (Å²) in [5.41, 5.74) is -0.412. The van der Waals surface area contributed by atoms with E-state index in [1.807, 2.05) is 20.8 Å². The first-order valence-electron chi connectivity index (χ1n) is 7.17. The first-order chi connectivity index (χ1) is 8.47. The molecule has 0 aromatic carbocycles. The van der Waals surface area contributed by atoms with Crippen LogP contribution in [0.2, 0.25) is 0 Å². The Balaban J connectivity index is 1.96. The Morgan fingerprint density at radius 3 is 2.44 bits per heavy atom. The van der Waals surface area contributed by atoms with Gasteiger partial charge in [0.1, 0.15) is 5.60 Å². The molecule has 0 bridgehead atoms. The normalized spacial score (nSPS) is 17.5. The van der Waals surface area contributed by atoms with Crippen LogP contribution in [0.3, 0.4) is 0 Å². The van der Waals surface area contributed by atoms with Crippen molar-refractivity contribution in [1.82, 2.24) is 10.6 Å². The maximum atomic E-state index is 11.4. The van der Waals surface area contributed by atoms with Crippen molar-refractivity contribution in [3.63, 3.8) is 0 Å². The summed E-state index contributed by atoms with van der Waals surface area (Å²) in [6.07, 6.45) is 7.34. The Kier molecular flexibility index (Phi) is 6.47. The van der Waals surface area contributed by atoms with E-state index in [0.717, 1.165) is 13.0 Å². The summed E-state index contributed by atoms with van der Waals surface area (Å²) in [5.74, 6) is 0. The molecule has 0 spiro atoms. The van der Waals surface area contributed by atoms with Gasteiger partial charge in [0.05, 0.1) is 0 Å². The van der Waals surface area contributed by atoms with Crippen LogP contribution in [0.1, 0.15) is 59.3 Å². The highest BCUT2D eigenvalue weighted by Crippen LogP contribution is 2.17. The van der Waals surface area contributed by atoms with Gasteiger partial charge in [0, 0.05) is 12.6 Å². The van der Waals surface area contributed by atoms with E-state index in [1.54, 1.807) is 0 Å². The molecule has 4 nitrogen and oxygen atoms in total. The number of carbonyl (C=O) groups is 1. The molecule has 0 unspecified atom stereocenters. The van der Waals surface area contributed by atoms with Crippen LogP contribution in [0.25, 0.3) is 0 Å². The number of alkyl carbamates (subject to hydrolysis) is 1. The van der Waals surface area contributed by atoms with Gasteiger partial charge in [-0.15, -0.1) is 0 Å². The lowest BCUT2D eigenvalue weighted by Gasteiger charge is -2.23. The monoisotopic (exact) mass is 256 g/mol. The van der Waals surface area contributed by atoms with Gasteiger partial charge in [-0.25, -0.2) is 4.79 Å². The Morgan fingerprint density at radius 2 is 1.83 bits per heavy atom. The Hall–Kier alpha value is -0.770. The molecule has 1 rings (SSSR count). The third-order valence-corrected chi connectivity index (χ3v) is 3.06. The van der Waals surface area contributed by atoms with Crippen molar-refractivity contribution >= 4 is 6.09 Å². The molecule has 0 saturated heterocycles. The second kappa shape index (κ2) is 7.62. The lowest BCUT2D eigenvalue weighted by atomic mass is 9.95. The number of hydrogen-bond donors (Lipinski definition) is 2. The van der Waals surface area contributed by atoms with E-state index in [4.69, 9.17) is 4.74 Å². The summed E-state index contributed by atoms with van der Waals surface area (Å²) in [5, 5.41) is 6.33. The van der Waals surface area contributed by atoms with E-state index in [9.17, 15) is 4.79 Å². The van der Waals surface area contributed by atoms with Crippen molar-refractivity contribution in [3.8, 4) is 0 Å². The quantitative estimate of drug-likeness (QED) is 0.744. The van der Waals surface area contributed by atoms with Crippen LogP contribution >= 0.6 is 0 Å². The van der Waals surface area contributed by atoms with E-state index >= 15 is 0 Å². The van der Waals surface area contributed by atoms with Gasteiger partial charge in [0.2, 0.25) is 0 Å². The van der Waals surface area contributed by atoms with E-state index in [0.29, 0.717) is 12.6 Å². The highest BCUT2D eigenvalue weighted by molar-refractivity contribution is 5.67. The summed E-state index contributed by atoms with van der Waals surface area (Å²) in [6, 6.07) is 0.695. The number of amides is 1. The van der Waals surface area contributed by atoms with Gasteiger partial charge >= 0.3 is 6.09 Å². The van der Waals surface area contributed by atoms with Gasteiger partial charge in [0.25, 0.3) is 0 Å². The van der Waals surface area contributed by atoms with Crippen molar-refractivity contribution in [2.75, 3.05) is 13.1 Å². The lowest BCUT2D eigenvalue weighted by Crippen LogP contribution is -2.36. The van der Waals surface area contributed by atoms with Crippen LogP contribution in [0.15, 0.2) is 0 Å². The molecule has 1 aliphatic rings. The van der Waals surface area contributed by atoms with Crippen molar-refractivity contribution in [3.05, 3.63) is 0 Å². The minimum Gasteiger partial charge on any atom is -0.444 e. The van der Waals surface area contributed by atoms with E-state index in [1.165, 1.54) is 32.1 Å². The van der Waals surface area contributed by atoms with Crippen LogP contribution in [0.4, 0.5) is 4.79 Å². The maximum Gasteiger partial charge on any atom is 0.407 e. The molecule has 0 heterocycles. The Morgan fingerprint density at radius 1 is 1.17 bits per heavy atom. The third-order valence-electron chi connectivity index (χ3n) is 3.06. The van der Waals surface area contributed by atoms with Crippen LogP contribution in [0, 0.1) is 0 Å². The molecule has 0 aliphatic heterocycles. The smallest absolute Gasteiger partial charge is 0.407 e. The molecule has 0 radical (unpaired) electrons. The third kappa shape index (κ3) is 7.54. The molecule has 1 fully saturated rings. The molecular weight excluding hydrogens is 228 g/mol. The number of carbonyl (C=O) groups excluding carboxylic acids is 1. The summed E-state index contributed by atoms with van der Waals surface area (Å²) in [4.78, 5) is 11.4. The second-order valence-electron chi connectivity index (χ2n) is 6.07. The SMILES string of the molecule is CC(C)(C)OC(=O)NCCCNC1CCCCC1. The fourth-order valence-corrected chi connectivity index (χ4v) is 2.21. The molecule has 0 aromatic rings. The van der Waals surface area contributed by atoms with Crippen molar-refractivity contribution in [2.45, 2.75) is 70.9 Å². The van der Waals surface area contributed by atoms with Gasteiger partial charge in [-0.2, -0.15) is 0 Å². The topological polar surface area (TPSA) is 50.4 Å². The van der Waals surface area contributed by atoms with Gasteiger partial charge in [-0.05, 0) is 46.6 Å². The van der Waals surface area contributed by atoms with Gasteiger partial charge in [0.15, 0.2) is 0 Å². The summed E-state index contributed by atoms with van der Waals surface area (Å²) in [6.45, 7) is 7.26. The lowest BCUT2D eigenvalue weighted by molar-refractivity contribution is 0.0527. The standard InChI is InChI=1S/C14H28N2O2/c1-14(2,3)18-13(17)16-11-7-10-15-12-8-5-4-6-9-12/h12,15H,4-11H2,1-3H3,(H,16,17). The molecule has 4 heteroatoms. The number of hydrogen-bond acceptors (Lipinski definition) is 3. The first kappa shape index (κ1) is 15.3. The number of nitrogens with one attached hydrogen (secondary N) is 2. The second-order valence-corrected chi connectivity index (χ2v) is 6.07. The highest BCUT2D eigenvalue weighted by Gasteiger charge is 2.15. The molecule has 1 saturated carbocycles. The zero-order valence-corrected chi connectivity index (χ0v) is 12.1. The van der Waals surface area contributed by atoms with Crippen LogP contribution < -0.4 is 10.6 Å². The minimum atomic E-state index is -0.412. The van der Waals surface area contributed by atoms with Gasteiger partial charge < -0.3 is 15.4 Å². The molecular formula is C14H28N2O2. The summed E-state index contributed by atoms with van der Waals surface area (Å²) < 4.78 is 5.16. The fraction of sp³-hybridized carbons (Fsp3) is 0.929. The predicted octanol–water partition coefficient (Wildman–Crippen LogP) is 2.82. The highest BCUT2D eigenvalue weighted by atomic mass is 16.6. The van der Waals surface area contributed by atoms with Crippen molar-refractivity contribution < 1.29 is 9.53 Å². The predicted molar refractivity (Wildman–Crippen MR) is 73.7 cm³/mol. The van der Waals surface area contributed by atoms with Crippen LogP contribution in [-0.2, 0) is 4.74 Å². The molecule has 1 aliphatic carbocycles. The molecule has 0 aromatic heterocycles. The zero-order chi connectivity index (χ0) is 13.4. The largest absolute Gasteiger partial charge is 0.444 e. The summed E-state index contributed by atoms with van der Waals surface area (Å²) in [7, 11) is 0.